The zero-order chi connectivity index (χ0) is 11.5. The number of hydrogen-bond acceptors (Lipinski definition) is 3. The molecule has 1 rings (SSSR count). The topological polar surface area (TPSA) is 40.5 Å². The van der Waals surface area contributed by atoms with Gasteiger partial charge in [-0.15, -0.1) is 11.8 Å². The van der Waals surface area contributed by atoms with E-state index in [0.717, 1.165) is 0 Å². The van der Waals surface area contributed by atoms with E-state index in [-0.39, 0.29) is 5.46 Å². The van der Waals surface area contributed by atoms with Crippen LogP contribution in [0.25, 0.3) is 0 Å². The van der Waals surface area contributed by atoms with E-state index in [1.807, 2.05) is 0 Å². The van der Waals surface area contributed by atoms with Crippen LogP contribution in [-0.4, -0.2) is 29.1 Å². The Morgan fingerprint density at radius 2 is 1.93 bits per heavy atom. The van der Waals surface area contributed by atoms with Crippen molar-refractivity contribution in [2.45, 2.75) is 11.1 Å². The van der Waals surface area contributed by atoms with Gasteiger partial charge < -0.3 is 10.0 Å². The maximum Gasteiger partial charge on any atom is 0.488 e. The quantitative estimate of drug-likeness (QED) is 0.608. The van der Waals surface area contributed by atoms with Crippen LogP contribution in [0.3, 0.4) is 0 Å². The molecule has 0 amide bonds. The summed E-state index contributed by atoms with van der Waals surface area (Å²) in [5, 5.41) is 17.6. The minimum atomic E-state index is -4.22. The first-order chi connectivity index (χ1) is 6.88. The average molecular weight is 236 g/mol. The molecule has 15 heavy (non-hydrogen) atoms. The van der Waals surface area contributed by atoms with E-state index >= 15 is 0 Å². The SMILES string of the molecule is OB(O)c1cccc(SCC(F)(F)F)c1. The number of rotatable bonds is 3. The van der Waals surface area contributed by atoms with E-state index in [0.29, 0.717) is 16.7 Å². The third-order valence-corrected chi connectivity index (χ3v) is 2.62. The van der Waals surface area contributed by atoms with Crippen molar-refractivity contribution < 1.29 is 23.2 Å². The van der Waals surface area contributed by atoms with Gasteiger partial charge in [0.25, 0.3) is 0 Å². The summed E-state index contributed by atoms with van der Waals surface area (Å²) < 4.78 is 35.6. The monoisotopic (exact) mass is 236 g/mol. The lowest BCUT2D eigenvalue weighted by Gasteiger charge is -2.06. The van der Waals surface area contributed by atoms with Gasteiger partial charge in [0.1, 0.15) is 0 Å². The van der Waals surface area contributed by atoms with Crippen LogP contribution in [0.15, 0.2) is 29.2 Å². The Morgan fingerprint density at radius 3 is 2.47 bits per heavy atom. The van der Waals surface area contributed by atoms with E-state index in [4.69, 9.17) is 10.0 Å². The number of alkyl halides is 3. The lowest BCUT2D eigenvalue weighted by atomic mass is 9.80. The van der Waals surface area contributed by atoms with Gasteiger partial charge in [-0.25, -0.2) is 0 Å². The van der Waals surface area contributed by atoms with Gasteiger partial charge in [-0.05, 0) is 17.6 Å². The lowest BCUT2D eigenvalue weighted by Crippen LogP contribution is -2.29. The second-order valence-electron chi connectivity index (χ2n) is 2.85. The highest BCUT2D eigenvalue weighted by molar-refractivity contribution is 7.99. The summed E-state index contributed by atoms with van der Waals surface area (Å²) in [5.41, 5.74) is 0.183. The summed E-state index contributed by atoms with van der Waals surface area (Å²) in [6.45, 7) is 0. The van der Waals surface area contributed by atoms with Gasteiger partial charge >= 0.3 is 13.3 Å². The molecule has 0 radical (unpaired) electrons. The fraction of sp³-hybridized carbons (Fsp3) is 0.250. The number of benzene rings is 1. The number of halogens is 3. The van der Waals surface area contributed by atoms with E-state index < -0.39 is 19.0 Å². The molecular weight excluding hydrogens is 228 g/mol. The van der Waals surface area contributed by atoms with Crippen molar-refractivity contribution in [2.75, 3.05) is 5.75 Å². The second-order valence-corrected chi connectivity index (χ2v) is 3.90. The van der Waals surface area contributed by atoms with E-state index in [2.05, 4.69) is 0 Å². The molecule has 0 aromatic heterocycles. The van der Waals surface area contributed by atoms with E-state index in [9.17, 15) is 13.2 Å². The number of thioether (sulfide) groups is 1. The molecule has 0 aliphatic carbocycles. The van der Waals surface area contributed by atoms with Gasteiger partial charge in [-0.2, -0.15) is 13.2 Å². The van der Waals surface area contributed by atoms with Crippen LogP contribution in [0, 0.1) is 0 Å². The van der Waals surface area contributed by atoms with Crippen molar-refractivity contribution in [1.29, 1.82) is 0 Å². The summed E-state index contributed by atoms with van der Waals surface area (Å²) in [6, 6.07) is 5.72. The molecule has 7 heteroatoms. The minimum Gasteiger partial charge on any atom is -0.423 e. The first kappa shape index (κ1) is 12.4. The molecule has 2 N–H and O–H groups in total. The van der Waals surface area contributed by atoms with E-state index in [1.165, 1.54) is 24.3 Å². The summed E-state index contributed by atoms with van der Waals surface area (Å²) >= 11 is 0.612. The molecule has 1 aromatic rings. The Hall–Kier alpha value is -0.655. The van der Waals surface area contributed by atoms with Gasteiger partial charge in [-0.1, -0.05) is 12.1 Å². The molecular formula is C8H8BF3O2S. The molecule has 2 nitrogen and oxygen atoms in total. The highest BCUT2D eigenvalue weighted by atomic mass is 32.2. The van der Waals surface area contributed by atoms with Gasteiger partial charge in [0.15, 0.2) is 0 Å². The van der Waals surface area contributed by atoms with Crippen LogP contribution in [0.1, 0.15) is 0 Å². The molecule has 0 spiro atoms. The van der Waals surface area contributed by atoms with Crippen molar-refractivity contribution in [3.63, 3.8) is 0 Å². The highest BCUT2D eigenvalue weighted by Gasteiger charge is 2.27. The Kier molecular flexibility index (Phi) is 4.07. The molecule has 0 unspecified atom stereocenters. The zero-order valence-electron chi connectivity index (χ0n) is 7.53. The van der Waals surface area contributed by atoms with E-state index in [1.54, 1.807) is 0 Å². The molecule has 1 aromatic carbocycles. The summed E-state index contributed by atoms with van der Waals surface area (Å²) in [4.78, 5) is 0.359. The summed E-state index contributed by atoms with van der Waals surface area (Å²) in [5.74, 6) is -0.988. The maximum absolute atomic E-state index is 11.9. The standard InChI is InChI=1S/C8H8BF3O2S/c10-8(11,12)5-15-7-3-1-2-6(4-7)9(13)14/h1-4,13-14H,5H2. The second kappa shape index (κ2) is 4.91. The Labute approximate surface area is 89.3 Å². The highest BCUT2D eigenvalue weighted by Crippen LogP contribution is 2.26. The van der Waals surface area contributed by atoms with Crippen molar-refractivity contribution >= 4 is 24.3 Å². The largest absolute Gasteiger partial charge is 0.488 e. The summed E-state index contributed by atoms with van der Waals surface area (Å²) in [6.07, 6.45) is -4.22. The first-order valence-electron chi connectivity index (χ1n) is 4.04. The third-order valence-electron chi connectivity index (χ3n) is 1.56. The normalized spacial score (nSPS) is 11.5. The average Bonchev–Trinajstić information content (AvgIpc) is 2.14. The molecule has 0 saturated heterocycles. The molecule has 0 aliphatic rings. The van der Waals surface area contributed by atoms with Crippen LogP contribution in [0.5, 0.6) is 0 Å². The summed E-state index contributed by atoms with van der Waals surface area (Å²) in [7, 11) is -1.66. The molecule has 0 fully saturated rings. The Balaban J connectivity index is 2.66. The predicted octanol–water partition coefficient (Wildman–Crippen LogP) is 1.02. The van der Waals surface area contributed by atoms with Crippen molar-refractivity contribution in [3.05, 3.63) is 24.3 Å². The fourth-order valence-corrected chi connectivity index (χ4v) is 1.65. The molecule has 0 atom stereocenters. The third kappa shape index (κ3) is 4.59. The first-order valence-corrected chi connectivity index (χ1v) is 5.03. The number of hydrogen-bond donors (Lipinski definition) is 2. The van der Waals surface area contributed by atoms with Crippen molar-refractivity contribution in [2.24, 2.45) is 0 Å². The molecule has 0 aliphatic heterocycles. The van der Waals surface area contributed by atoms with Crippen LogP contribution in [0.4, 0.5) is 13.2 Å². The van der Waals surface area contributed by atoms with Crippen LogP contribution in [0.2, 0.25) is 0 Å². The minimum absolute atomic E-state index is 0.183. The van der Waals surface area contributed by atoms with Gasteiger partial charge in [0.05, 0.1) is 5.75 Å². The van der Waals surface area contributed by atoms with Crippen LogP contribution < -0.4 is 5.46 Å². The molecule has 0 heterocycles. The Bertz CT molecular complexity index is 330. The predicted molar refractivity (Wildman–Crippen MR) is 53.0 cm³/mol. The van der Waals surface area contributed by atoms with Gasteiger partial charge in [0.2, 0.25) is 0 Å². The van der Waals surface area contributed by atoms with Gasteiger partial charge in [0, 0.05) is 4.90 Å². The zero-order valence-corrected chi connectivity index (χ0v) is 8.35. The van der Waals surface area contributed by atoms with Crippen molar-refractivity contribution in [1.82, 2.24) is 0 Å². The maximum atomic E-state index is 11.9. The van der Waals surface area contributed by atoms with Crippen LogP contribution in [-0.2, 0) is 0 Å². The molecule has 0 bridgehead atoms. The molecule has 0 saturated carbocycles. The Morgan fingerprint density at radius 1 is 1.27 bits per heavy atom. The molecule has 82 valence electrons. The smallest absolute Gasteiger partial charge is 0.423 e. The van der Waals surface area contributed by atoms with Gasteiger partial charge in [-0.3, -0.25) is 0 Å². The lowest BCUT2D eigenvalue weighted by molar-refractivity contribution is -0.105. The van der Waals surface area contributed by atoms with Crippen molar-refractivity contribution in [3.8, 4) is 0 Å². The van der Waals surface area contributed by atoms with Crippen LogP contribution >= 0.6 is 11.8 Å². The fourth-order valence-electron chi connectivity index (χ4n) is 0.930.